The maximum atomic E-state index is 12.0. The van der Waals surface area contributed by atoms with Gasteiger partial charge in [0.05, 0.1) is 6.42 Å². The third-order valence-corrected chi connectivity index (χ3v) is 3.64. The van der Waals surface area contributed by atoms with Crippen LogP contribution in [0.1, 0.15) is 6.42 Å². The van der Waals surface area contributed by atoms with Gasteiger partial charge in [-0.1, -0.05) is 28.1 Å². The lowest BCUT2D eigenvalue weighted by Gasteiger charge is -2.26. The van der Waals surface area contributed by atoms with Crippen LogP contribution in [0.4, 0.5) is 5.69 Å². The van der Waals surface area contributed by atoms with E-state index in [0.717, 1.165) is 15.9 Å². The predicted molar refractivity (Wildman–Crippen MR) is 83.7 cm³/mol. The number of carbonyl (C=O) groups is 1. The summed E-state index contributed by atoms with van der Waals surface area (Å²) < 4.78 is 12.3. The molecule has 0 aromatic heterocycles. The van der Waals surface area contributed by atoms with Gasteiger partial charge in [0.1, 0.15) is 12.7 Å². The molecule has 21 heavy (non-hydrogen) atoms. The van der Waals surface area contributed by atoms with Crippen molar-refractivity contribution in [2.45, 2.75) is 12.5 Å². The second-order valence-corrected chi connectivity index (χ2v) is 5.67. The number of hydrogen-bond acceptors (Lipinski definition) is 3. The average Bonchev–Trinajstić information content (AvgIpc) is 2.49. The van der Waals surface area contributed by atoms with Crippen molar-refractivity contribution in [2.75, 3.05) is 11.9 Å². The molecule has 108 valence electrons. The Balaban J connectivity index is 1.57. The number of fused-ring (bicyclic) bond motifs is 1. The topological polar surface area (TPSA) is 47.6 Å². The number of hydrogen-bond donors (Lipinski definition) is 1. The number of rotatable bonds is 3. The fourth-order valence-electron chi connectivity index (χ4n) is 2.12. The number of carbonyl (C=O) groups excluding carboxylic acids is 1. The second kappa shape index (κ2) is 6.18. The average molecular weight is 348 g/mol. The highest BCUT2D eigenvalue weighted by atomic mass is 79.9. The third kappa shape index (κ3) is 3.55. The summed E-state index contributed by atoms with van der Waals surface area (Å²) in [5.41, 5.74) is 0.764. The van der Waals surface area contributed by atoms with Crippen LogP contribution in [0.2, 0.25) is 0 Å². The Labute approximate surface area is 131 Å². The van der Waals surface area contributed by atoms with Gasteiger partial charge in [-0.15, -0.1) is 0 Å². The van der Waals surface area contributed by atoms with Gasteiger partial charge in [-0.05, 0) is 36.4 Å². The Kier molecular flexibility index (Phi) is 4.10. The summed E-state index contributed by atoms with van der Waals surface area (Å²) >= 11 is 3.36. The quantitative estimate of drug-likeness (QED) is 0.922. The van der Waals surface area contributed by atoms with Gasteiger partial charge in [0.2, 0.25) is 5.91 Å². The lowest BCUT2D eigenvalue weighted by atomic mass is 10.2. The maximum absolute atomic E-state index is 12.0. The third-order valence-electron chi connectivity index (χ3n) is 3.11. The number of halogens is 1. The minimum atomic E-state index is -0.268. The molecule has 1 amide bonds. The smallest absolute Gasteiger partial charge is 0.228 e. The van der Waals surface area contributed by atoms with Crippen LogP contribution < -0.4 is 14.8 Å². The van der Waals surface area contributed by atoms with Gasteiger partial charge in [0.25, 0.3) is 0 Å². The van der Waals surface area contributed by atoms with E-state index in [0.29, 0.717) is 12.4 Å². The first-order chi connectivity index (χ1) is 10.2. The first-order valence-corrected chi connectivity index (χ1v) is 7.44. The van der Waals surface area contributed by atoms with Crippen molar-refractivity contribution < 1.29 is 14.3 Å². The number of para-hydroxylation sites is 2. The molecule has 5 heteroatoms. The normalized spacial score (nSPS) is 16.3. The van der Waals surface area contributed by atoms with Crippen LogP contribution in [0, 0.1) is 0 Å². The van der Waals surface area contributed by atoms with Gasteiger partial charge in [-0.3, -0.25) is 4.79 Å². The molecule has 0 fully saturated rings. The fraction of sp³-hybridized carbons (Fsp3) is 0.188. The summed E-state index contributed by atoms with van der Waals surface area (Å²) in [6.07, 6.45) is -0.0138. The van der Waals surface area contributed by atoms with Gasteiger partial charge in [-0.25, -0.2) is 0 Å². The number of nitrogens with one attached hydrogen (secondary N) is 1. The van der Waals surface area contributed by atoms with Gasteiger partial charge < -0.3 is 14.8 Å². The summed E-state index contributed by atoms with van der Waals surface area (Å²) in [6, 6.07) is 14.9. The minimum absolute atomic E-state index is 0.0923. The van der Waals surface area contributed by atoms with E-state index in [1.54, 1.807) is 0 Å². The highest BCUT2D eigenvalue weighted by molar-refractivity contribution is 9.10. The molecule has 0 bridgehead atoms. The lowest BCUT2D eigenvalue weighted by molar-refractivity contribution is -0.118. The molecule has 0 spiro atoms. The van der Waals surface area contributed by atoms with Crippen molar-refractivity contribution in [2.24, 2.45) is 0 Å². The monoisotopic (exact) mass is 347 g/mol. The van der Waals surface area contributed by atoms with Crippen molar-refractivity contribution in [3.63, 3.8) is 0 Å². The molecule has 1 atom stereocenters. The van der Waals surface area contributed by atoms with Gasteiger partial charge >= 0.3 is 0 Å². The highest BCUT2D eigenvalue weighted by Crippen LogP contribution is 2.31. The number of amides is 1. The van der Waals surface area contributed by atoms with Crippen LogP contribution in [0.25, 0.3) is 0 Å². The molecule has 2 aromatic carbocycles. The molecule has 1 aliphatic rings. The zero-order chi connectivity index (χ0) is 14.7. The fourth-order valence-corrected chi connectivity index (χ4v) is 2.38. The summed E-state index contributed by atoms with van der Waals surface area (Å²) in [4.78, 5) is 12.0. The van der Waals surface area contributed by atoms with Gasteiger partial charge in [0.15, 0.2) is 11.5 Å². The Morgan fingerprint density at radius 2 is 1.86 bits per heavy atom. The van der Waals surface area contributed by atoms with Crippen LogP contribution in [-0.2, 0) is 4.79 Å². The first kappa shape index (κ1) is 13.9. The Morgan fingerprint density at radius 1 is 1.14 bits per heavy atom. The zero-order valence-electron chi connectivity index (χ0n) is 11.2. The molecule has 0 unspecified atom stereocenters. The molecular formula is C16H14BrNO3. The largest absolute Gasteiger partial charge is 0.486 e. The van der Waals surface area contributed by atoms with Crippen LogP contribution in [0.5, 0.6) is 11.5 Å². The number of ether oxygens (including phenoxy) is 2. The SMILES string of the molecule is O=C(C[C@H]1COc2ccccc2O1)Nc1ccc(Br)cc1. The number of benzene rings is 2. The van der Waals surface area contributed by atoms with E-state index in [1.807, 2.05) is 48.5 Å². The van der Waals surface area contributed by atoms with Crippen molar-refractivity contribution in [3.8, 4) is 11.5 Å². The van der Waals surface area contributed by atoms with Crippen LogP contribution in [0.3, 0.4) is 0 Å². The molecule has 1 heterocycles. The Hall–Kier alpha value is -2.01. The zero-order valence-corrected chi connectivity index (χ0v) is 12.8. The van der Waals surface area contributed by atoms with Crippen molar-refractivity contribution in [1.29, 1.82) is 0 Å². The molecular weight excluding hydrogens is 334 g/mol. The van der Waals surface area contributed by atoms with E-state index in [9.17, 15) is 4.79 Å². The van der Waals surface area contributed by atoms with Crippen molar-refractivity contribution in [1.82, 2.24) is 0 Å². The molecule has 1 aliphatic heterocycles. The molecule has 3 rings (SSSR count). The van der Waals surface area contributed by atoms with E-state index >= 15 is 0 Å². The maximum Gasteiger partial charge on any atom is 0.228 e. The van der Waals surface area contributed by atoms with Gasteiger partial charge in [0, 0.05) is 10.2 Å². The van der Waals surface area contributed by atoms with Crippen LogP contribution >= 0.6 is 15.9 Å². The minimum Gasteiger partial charge on any atom is -0.486 e. The summed E-state index contributed by atoms with van der Waals surface area (Å²) in [6.45, 7) is 0.380. The summed E-state index contributed by atoms with van der Waals surface area (Å²) in [5.74, 6) is 1.32. The highest BCUT2D eigenvalue weighted by Gasteiger charge is 2.23. The van der Waals surface area contributed by atoms with Crippen molar-refractivity contribution in [3.05, 3.63) is 53.0 Å². The molecule has 2 aromatic rings. The van der Waals surface area contributed by atoms with E-state index in [-0.39, 0.29) is 18.4 Å². The van der Waals surface area contributed by atoms with E-state index in [1.165, 1.54) is 0 Å². The van der Waals surface area contributed by atoms with E-state index in [2.05, 4.69) is 21.2 Å². The molecule has 0 saturated heterocycles. The second-order valence-electron chi connectivity index (χ2n) is 4.76. The number of anilines is 1. The molecule has 1 N–H and O–H groups in total. The molecule has 0 saturated carbocycles. The molecule has 0 radical (unpaired) electrons. The standard InChI is InChI=1S/C16H14BrNO3/c17-11-5-7-12(8-6-11)18-16(19)9-13-10-20-14-3-1-2-4-15(14)21-13/h1-8,13H,9-10H2,(H,18,19)/t13-/m0/s1. The van der Waals surface area contributed by atoms with E-state index < -0.39 is 0 Å². The summed E-state index contributed by atoms with van der Waals surface area (Å²) in [5, 5.41) is 2.85. The summed E-state index contributed by atoms with van der Waals surface area (Å²) in [7, 11) is 0. The van der Waals surface area contributed by atoms with E-state index in [4.69, 9.17) is 9.47 Å². The lowest BCUT2D eigenvalue weighted by Crippen LogP contribution is -2.33. The molecule has 0 aliphatic carbocycles. The Bertz CT molecular complexity index is 642. The first-order valence-electron chi connectivity index (χ1n) is 6.64. The Morgan fingerprint density at radius 3 is 2.62 bits per heavy atom. The van der Waals surface area contributed by atoms with Crippen LogP contribution in [-0.4, -0.2) is 18.6 Å². The molecule has 4 nitrogen and oxygen atoms in total. The predicted octanol–water partition coefficient (Wildman–Crippen LogP) is 3.62. The van der Waals surface area contributed by atoms with Gasteiger partial charge in [-0.2, -0.15) is 0 Å². The van der Waals surface area contributed by atoms with Crippen LogP contribution in [0.15, 0.2) is 53.0 Å². The van der Waals surface area contributed by atoms with Crippen molar-refractivity contribution >= 4 is 27.5 Å².